The number of alkyl halides is 3. The molecule has 2 aromatic rings. The molecule has 33 heavy (non-hydrogen) atoms. The first-order chi connectivity index (χ1) is 15.6. The van der Waals surface area contributed by atoms with Gasteiger partial charge < -0.3 is 5.32 Å². The number of benzene rings is 2. The van der Waals surface area contributed by atoms with Gasteiger partial charge in [-0.3, -0.25) is 9.69 Å². The van der Waals surface area contributed by atoms with Gasteiger partial charge >= 0.3 is 6.18 Å². The van der Waals surface area contributed by atoms with Gasteiger partial charge in [-0.05, 0) is 48.7 Å². The lowest BCUT2D eigenvalue weighted by Gasteiger charge is -2.38. The molecule has 0 aromatic heterocycles. The van der Waals surface area contributed by atoms with E-state index in [2.05, 4.69) is 5.32 Å². The summed E-state index contributed by atoms with van der Waals surface area (Å²) in [5.41, 5.74) is -0.445. The summed E-state index contributed by atoms with van der Waals surface area (Å²) in [7, 11) is -4.14. The number of nitrogens with one attached hydrogen (secondary N) is 1. The highest BCUT2D eigenvalue weighted by molar-refractivity contribution is 7.89. The maximum Gasteiger partial charge on any atom is 0.416 e. The summed E-state index contributed by atoms with van der Waals surface area (Å²) in [6, 6.07) is 8.64. The maximum atomic E-state index is 13.4. The zero-order valence-electron chi connectivity index (χ0n) is 17.6. The molecular weight excluding hydrogens is 462 g/mol. The smallest absolute Gasteiger partial charge is 0.352 e. The van der Waals surface area contributed by atoms with E-state index in [-0.39, 0.29) is 38.1 Å². The number of sulfonamides is 1. The van der Waals surface area contributed by atoms with Gasteiger partial charge in [0.15, 0.2) is 0 Å². The molecule has 1 saturated heterocycles. The fraction of sp³-hybridized carbons (Fsp3) is 0.409. The number of rotatable bonds is 6. The molecule has 2 aromatic carbocycles. The monoisotopic (exact) mass is 485 g/mol. The van der Waals surface area contributed by atoms with Gasteiger partial charge in [-0.15, -0.1) is 0 Å². The van der Waals surface area contributed by atoms with Gasteiger partial charge in [0.2, 0.25) is 15.9 Å². The van der Waals surface area contributed by atoms with Crippen LogP contribution in [0, 0.1) is 5.82 Å². The minimum absolute atomic E-state index is 0.00693. The second-order valence-corrected chi connectivity index (χ2v) is 10.1. The zero-order chi connectivity index (χ0) is 23.8. The highest BCUT2D eigenvalue weighted by atomic mass is 32.2. The van der Waals surface area contributed by atoms with Crippen molar-refractivity contribution >= 4 is 15.9 Å². The summed E-state index contributed by atoms with van der Waals surface area (Å²) in [4.78, 5) is 14.3. The molecule has 178 valence electrons. The fourth-order valence-corrected chi connectivity index (χ4v) is 5.33. The molecule has 1 saturated carbocycles. The molecule has 6 nitrogen and oxygen atoms in total. The number of carbonyl (C=O) groups excluding carboxylic acids is 1. The fourth-order valence-electron chi connectivity index (χ4n) is 3.86. The van der Waals surface area contributed by atoms with Crippen molar-refractivity contribution in [2.75, 3.05) is 26.2 Å². The van der Waals surface area contributed by atoms with Gasteiger partial charge in [0.25, 0.3) is 0 Å². The number of carbonyl (C=O) groups is 1. The maximum absolute atomic E-state index is 13.4. The van der Waals surface area contributed by atoms with E-state index in [0.717, 1.165) is 35.3 Å². The molecule has 1 atom stereocenters. The SMILES string of the molecule is O=C(NC1CC1)C(c1ccc(F)cc1)N1CCN(S(=O)(=O)c2cccc(C(F)(F)F)c2)CC1. The van der Waals surface area contributed by atoms with Gasteiger partial charge in [-0.1, -0.05) is 18.2 Å². The van der Waals surface area contributed by atoms with Crippen molar-refractivity contribution < 1.29 is 30.8 Å². The Hall–Kier alpha value is -2.50. The van der Waals surface area contributed by atoms with Crippen LogP contribution in [0.25, 0.3) is 0 Å². The number of hydrogen-bond donors (Lipinski definition) is 1. The minimum Gasteiger partial charge on any atom is -0.352 e. The Morgan fingerprint density at radius 2 is 1.64 bits per heavy atom. The summed E-state index contributed by atoms with van der Waals surface area (Å²) in [6.45, 7) is 0.399. The topological polar surface area (TPSA) is 69.7 Å². The molecule has 0 bridgehead atoms. The van der Waals surface area contributed by atoms with Crippen LogP contribution in [0.15, 0.2) is 53.4 Å². The Kier molecular flexibility index (Phi) is 6.47. The molecule has 4 rings (SSSR count). The van der Waals surface area contributed by atoms with E-state index in [1.807, 2.05) is 4.90 Å². The lowest BCUT2D eigenvalue weighted by Crippen LogP contribution is -2.52. The van der Waals surface area contributed by atoms with Gasteiger partial charge in [0.1, 0.15) is 11.9 Å². The first-order valence-corrected chi connectivity index (χ1v) is 12.0. The predicted molar refractivity (Wildman–Crippen MR) is 112 cm³/mol. The molecule has 1 N–H and O–H groups in total. The first kappa shape index (κ1) is 23.7. The Morgan fingerprint density at radius 1 is 1.00 bits per heavy atom. The molecular formula is C22H23F4N3O3S. The highest BCUT2D eigenvalue weighted by Crippen LogP contribution is 2.32. The molecule has 1 amide bonds. The molecule has 1 heterocycles. The van der Waals surface area contributed by atoms with Crippen LogP contribution in [0.3, 0.4) is 0 Å². The van der Waals surface area contributed by atoms with Gasteiger partial charge in [-0.25, -0.2) is 12.8 Å². The van der Waals surface area contributed by atoms with Crippen molar-refractivity contribution in [2.24, 2.45) is 0 Å². The number of hydrogen-bond acceptors (Lipinski definition) is 4. The van der Waals surface area contributed by atoms with Crippen LogP contribution in [0.5, 0.6) is 0 Å². The van der Waals surface area contributed by atoms with E-state index in [4.69, 9.17) is 0 Å². The van der Waals surface area contributed by atoms with Crippen LogP contribution in [0.4, 0.5) is 17.6 Å². The van der Waals surface area contributed by atoms with Crippen molar-refractivity contribution in [2.45, 2.75) is 36.0 Å². The largest absolute Gasteiger partial charge is 0.416 e. The van der Waals surface area contributed by atoms with Crippen molar-refractivity contribution in [3.63, 3.8) is 0 Å². The van der Waals surface area contributed by atoms with Crippen LogP contribution in [-0.4, -0.2) is 55.8 Å². The molecule has 1 aliphatic heterocycles. The van der Waals surface area contributed by atoms with Crippen LogP contribution < -0.4 is 5.32 Å². The number of nitrogens with zero attached hydrogens (tertiary/aromatic N) is 2. The highest BCUT2D eigenvalue weighted by Gasteiger charge is 2.37. The van der Waals surface area contributed by atoms with E-state index in [1.54, 1.807) is 0 Å². The van der Waals surface area contributed by atoms with Crippen molar-refractivity contribution in [1.82, 2.24) is 14.5 Å². The first-order valence-electron chi connectivity index (χ1n) is 10.5. The van der Waals surface area contributed by atoms with E-state index in [0.29, 0.717) is 11.6 Å². The average molecular weight is 486 g/mol. The second-order valence-electron chi connectivity index (χ2n) is 8.20. The third-order valence-electron chi connectivity index (χ3n) is 5.80. The summed E-state index contributed by atoms with van der Waals surface area (Å²) in [5.74, 6) is -0.671. The van der Waals surface area contributed by atoms with Crippen LogP contribution in [0.2, 0.25) is 0 Å². The molecule has 11 heteroatoms. The molecule has 1 aliphatic carbocycles. The third kappa shape index (κ3) is 5.36. The third-order valence-corrected chi connectivity index (χ3v) is 7.69. The average Bonchev–Trinajstić information content (AvgIpc) is 3.59. The Balaban J connectivity index is 1.51. The van der Waals surface area contributed by atoms with E-state index >= 15 is 0 Å². The predicted octanol–water partition coefficient (Wildman–Crippen LogP) is 3.17. The number of piperazine rings is 1. The summed E-state index contributed by atoms with van der Waals surface area (Å²) < 4.78 is 79.5. The summed E-state index contributed by atoms with van der Waals surface area (Å²) in [6.07, 6.45) is -2.86. The normalized spacial score (nSPS) is 19.3. The lowest BCUT2D eigenvalue weighted by molar-refractivity contribution is -0.137. The van der Waals surface area contributed by atoms with Crippen LogP contribution >= 0.6 is 0 Å². The van der Waals surface area contributed by atoms with Crippen LogP contribution in [-0.2, 0) is 21.0 Å². The van der Waals surface area contributed by atoms with Gasteiger partial charge in [-0.2, -0.15) is 17.5 Å². The zero-order valence-corrected chi connectivity index (χ0v) is 18.4. The van der Waals surface area contributed by atoms with Gasteiger partial charge in [0, 0.05) is 32.2 Å². The Bertz CT molecular complexity index is 1110. The molecule has 1 unspecified atom stereocenters. The number of amides is 1. The minimum atomic E-state index is -4.65. The van der Waals surface area contributed by atoms with Crippen molar-refractivity contribution in [3.8, 4) is 0 Å². The Labute approximate surface area is 189 Å². The molecule has 0 radical (unpaired) electrons. The van der Waals surface area contributed by atoms with E-state index in [9.17, 15) is 30.8 Å². The van der Waals surface area contributed by atoms with Crippen molar-refractivity contribution in [1.29, 1.82) is 0 Å². The van der Waals surface area contributed by atoms with E-state index < -0.39 is 38.5 Å². The molecule has 0 spiro atoms. The lowest BCUT2D eigenvalue weighted by atomic mass is 10.0. The van der Waals surface area contributed by atoms with E-state index in [1.165, 1.54) is 24.3 Å². The Morgan fingerprint density at radius 3 is 2.21 bits per heavy atom. The van der Waals surface area contributed by atoms with Crippen LogP contribution in [0.1, 0.15) is 30.0 Å². The number of halogens is 4. The standard InChI is InChI=1S/C22H23F4N3O3S/c23-17-6-4-15(5-7-17)20(21(30)27-18-8-9-18)28-10-12-29(13-11-28)33(31,32)19-3-1-2-16(14-19)22(24,25)26/h1-7,14,18,20H,8-13H2,(H,27,30). The van der Waals surface area contributed by atoms with Crippen molar-refractivity contribution in [3.05, 3.63) is 65.5 Å². The molecule has 2 fully saturated rings. The molecule has 2 aliphatic rings. The summed E-state index contributed by atoms with van der Waals surface area (Å²) >= 11 is 0. The van der Waals surface area contributed by atoms with Gasteiger partial charge in [0.05, 0.1) is 10.5 Å². The summed E-state index contributed by atoms with van der Waals surface area (Å²) in [5, 5.41) is 2.94. The second kappa shape index (κ2) is 9.03. The quantitative estimate of drug-likeness (QED) is 0.639.